The Morgan fingerprint density at radius 3 is 1.13 bits per heavy atom. The Hall–Kier alpha value is -3.48. The summed E-state index contributed by atoms with van der Waals surface area (Å²) in [5.41, 5.74) is 16.9. The number of hydrogen-bond acceptors (Lipinski definition) is 0. The number of benzene rings is 6. The fourth-order valence-electron chi connectivity index (χ4n) is 8.09. The maximum absolute atomic E-state index is 4.93. The Morgan fingerprint density at radius 2 is 0.782 bits per heavy atom. The van der Waals surface area contributed by atoms with Crippen molar-refractivity contribution < 1.29 is 20.8 Å². The minimum atomic E-state index is -0.826. The fourth-order valence-corrected chi connectivity index (χ4v) is 8.09. The molecule has 0 unspecified atom stereocenters. The molecule has 0 amide bonds. The molecule has 0 radical (unpaired) electrons. The Balaban J connectivity index is 0.000000189. The molecule has 0 atom stereocenters. The van der Waals surface area contributed by atoms with E-state index in [-0.39, 0.29) is 0 Å². The first-order valence-corrected chi connectivity index (χ1v) is 25.8. The van der Waals surface area contributed by atoms with E-state index in [1.165, 1.54) is 110 Å². The van der Waals surface area contributed by atoms with E-state index in [2.05, 4.69) is 185 Å². The quantitative estimate of drug-likeness (QED) is 0.155. The molecule has 55 heavy (non-hydrogen) atoms. The van der Waals surface area contributed by atoms with Gasteiger partial charge in [-0.15, -0.1) is 55.9 Å². The maximum atomic E-state index is 4.93. The second kappa shape index (κ2) is 18.6. The van der Waals surface area contributed by atoms with Gasteiger partial charge in [-0.1, -0.05) is 160 Å². The summed E-state index contributed by atoms with van der Waals surface area (Å²) in [7, 11) is 9.87. The first kappa shape index (κ1) is 42.7. The van der Waals surface area contributed by atoms with Crippen LogP contribution in [0.5, 0.6) is 0 Å². The van der Waals surface area contributed by atoms with Crippen molar-refractivity contribution in [2.24, 2.45) is 0 Å². The second-order valence-corrected chi connectivity index (χ2v) is 18.9. The number of rotatable bonds is 4. The normalized spacial score (nSPS) is 11.1. The van der Waals surface area contributed by atoms with Crippen molar-refractivity contribution in [1.82, 2.24) is 0 Å². The summed E-state index contributed by atoms with van der Waals surface area (Å²) >= 11 is -0.826. The Labute approximate surface area is 349 Å². The van der Waals surface area contributed by atoms with Gasteiger partial charge in [0.2, 0.25) is 0 Å². The summed E-state index contributed by atoms with van der Waals surface area (Å²) in [4.78, 5) is 0. The third-order valence-electron chi connectivity index (χ3n) is 11.6. The molecule has 8 aromatic carbocycles. The van der Waals surface area contributed by atoms with Crippen LogP contribution in [0, 0.1) is 48.5 Å². The zero-order valence-corrected chi connectivity index (χ0v) is 38.5. The summed E-state index contributed by atoms with van der Waals surface area (Å²) in [6.45, 7) is 27.7. The van der Waals surface area contributed by atoms with E-state index in [9.17, 15) is 0 Å². The Bertz CT molecular complexity index is 2390. The average Bonchev–Trinajstić information content (AvgIpc) is 3.85. The van der Waals surface area contributed by atoms with E-state index in [0.717, 1.165) is 0 Å². The molecule has 0 fully saturated rings. The first-order chi connectivity index (χ1) is 26.4. The second-order valence-electron chi connectivity index (χ2n) is 15.2. The van der Waals surface area contributed by atoms with Gasteiger partial charge in [0.05, 0.1) is 0 Å². The molecule has 0 heterocycles. The molecule has 0 bridgehead atoms. The van der Waals surface area contributed by atoms with Gasteiger partial charge in [0, 0.05) is 0 Å². The van der Waals surface area contributed by atoms with Crippen LogP contribution in [0.25, 0.3) is 65.3 Å². The predicted molar refractivity (Wildman–Crippen MR) is 244 cm³/mol. The molecule has 0 aliphatic heterocycles. The summed E-state index contributed by atoms with van der Waals surface area (Å²) < 4.78 is 0. The summed E-state index contributed by atoms with van der Waals surface area (Å²) in [6, 6.07) is 40.4. The number of aryl methyl sites for hydroxylation is 2. The van der Waals surface area contributed by atoms with Gasteiger partial charge in [-0.3, -0.25) is 0 Å². The summed E-state index contributed by atoms with van der Waals surface area (Å²) in [5.74, 6) is 1.10. The zero-order chi connectivity index (χ0) is 40.1. The standard InChI is InChI=1S/2C25H25.C2H5.2ClH.Zr/c2*1-15(2)20-13-23-17(4)16(3)18(5)25(24(23)14-20)22-12-8-10-19-9-6-7-11-21(19)22;1-2;;;/h2*6-15H,1-5H3;1H2,2H3;2*1H;/q3*-1;;;+2/p-2. The monoisotopic (exact) mass is 839 g/mol. The predicted octanol–water partition coefficient (Wildman–Crippen LogP) is 17.1. The van der Waals surface area contributed by atoms with Gasteiger partial charge in [0.1, 0.15) is 0 Å². The SMILES string of the molecule is Cc1c(C)c(C)c2[cH-]c(C(C)C)cc2c1-c1cccc2ccccc12.Cc1c(C)c(C)c2[cH-]c(C(C)C)cc2c1-c1cccc2ccccc12.[CH2-]C.[Cl][Zr][Cl]. The van der Waals surface area contributed by atoms with Gasteiger partial charge in [0.25, 0.3) is 0 Å². The van der Waals surface area contributed by atoms with E-state index in [1.54, 1.807) is 6.92 Å². The van der Waals surface area contributed by atoms with Gasteiger partial charge in [-0.25, -0.2) is 0 Å². The summed E-state index contributed by atoms with van der Waals surface area (Å²) in [6.07, 6.45) is 0. The van der Waals surface area contributed by atoms with E-state index in [4.69, 9.17) is 17.0 Å². The van der Waals surface area contributed by atoms with Crippen molar-refractivity contribution in [2.45, 2.75) is 88.0 Å². The van der Waals surface area contributed by atoms with Gasteiger partial charge in [-0.05, 0) is 72.2 Å². The fraction of sp³-hybridized carbons (Fsp3) is 0.250. The molecule has 0 spiro atoms. The van der Waals surface area contributed by atoms with E-state index in [1.807, 2.05) is 0 Å². The Morgan fingerprint density at radius 1 is 0.455 bits per heavy atom. The molecule has 0 saturated carbocycles. The van der Waals surface area contributed by atoms with Crippen LogP contribution in [0.1, 0.15) is 91.0 Å². The van der Waals surface area contributed by atoms with Gasteiger partial charge >= 0.3 is 37.9 Å². The molecule has 3 heteroatoms. The van der Waals surface area contributed by atoms with Crippen LogP contribution in [0.2, 0.25) is 0 Å². The van der Waals surface area contributed by atoms with E-state index < -0.39 is 20.8 Å². The summed E-state index contributed by atoms with van der Waals surface area (Å²) in [5, 5.41) is 10.9. The molecule has 0 N–H and O–H groups in total. The van der Waals surface area contributed by atoms with E-state index in [0.29, 0.717) is 11.8 Å². The molecule has 0 aliphatic carbocycles. The van der Waals surface area contributed by atoms with Crippen molar-refractivity contribution in [3.8, 4) is 22.3 Å². The van der Waals surface area contributed by atoms with Crippen LogP contribution in [-0.4, -0.2) is 0 Å². The molecule has 0 aromatic heterocycles. The third kappa shape index (κ3) is 8.47. The van der Waals surface area contributed by atoms with Crippen LogP contribution in [0.4, 0.5) is 0 Å². The minimum absolute atomic E-state index is 0.549. The number of halogens is 2. The topological polar surface area (TPSA) is 0 Å². The van der Waals surface area contributed by atoms with E-state index >= 15 is 0 Å². The van der Waals surface area contributed by atoms with Crippen molar-refractivity contribution in [3.05, 3.63) is 161 Å². The van der Waals surface area contributed by atoms with Crippen molar-refractivity contribution in [1.29, 1.82) is 0 Å². The van der Waals surface area contributed by atoms with Crippen molar-refractivity contribution in [3.63, 3.8) is 0 Å². The molecular formula is C52H55Cl2Zr-3. The number of hydrogen-bond donors (Lipinski definition) is 0. The van der Waals surface area contributed by atoms with Crippen LogP contribution >= 0.6 is 17.0 Å². The van der Waals surface area contributed by atoms with Crippen LogP contribution in [0.15, 0.2) is 109 Å². The van der Waals surface area contributed by atoms with Crippen LogP contribution in [-0.2, 0) is 20.8 Å². The van der Waals surface area contributed by atoms with Crippen molar-refractivity contribution in [2.75, 3.05) is 0 Å². The third-order valence-corrected chi connectivity index (χ3v) is 11.6. The zero-order valence-electron chi connectivity index (χ0n) is 34.5. The molecular weight excluding hydrogens is 787 g/mol. The molecule has 284 valence electrons. The molecule has 0 nitrogen and oxygen atoms in total. The van der Waals surface area contributed by atoms with Crippen molar-refractivity contribution >= 4 is 60.1 Å². The molecule has 8 rings (SSSR count). The van der Waals surface area contributed by atoms with Gasteiger partial charge in [0.15, 0.2) is 0 Å². The van der Waals surface area contributed by atoms with Crippen LogP contribution < -0.4 is 0 Å². The molecule has 8 aromatic rings. The van der Waals surface area contributed by atoms with Crippen LogP contribution in [0.3, 0.4) is 0 Å². The Kier molecular flexibility index (Phi) is 14.5. The van der Waals surface area contributed by atoms with Gasteiger partial charge < -0.3 is 6.92 Å². The molecule has 0 saturated heterocycles. The first-order valence-electron chi connectivity index (χ1n) is 19.4. The average molecular weight is 842 g/mol. The number of fused-ring (bicyclic) bond motifs is 4. The molecule has 0 aliphatic rings. The van der Waals surface area contributed by atoms with Gasteiger partial charge in [-0.2, -0.15) is 19.1 Å².